The Morgan fingerprint density at radius 3 is 2.85 bits per heavy atom. The number of nitrogens with zero attached hydrogens (tertiary/aromatic N) is 1. The Balaban J connectivity index is 1.30. The molecule has 1 saturated carbocycles. The highest BCUT2D eigenvalue weighted by Gasteiger charge is 2.23. The van der Waals surface area contributed by atoms with E-state index in [0.717, 1.165) is 59.5 Å². The van der Waals surface area contributed by atoms with Gasteiger partial charge in [0, 0.05) is 28.6 Å². The standard InChI is InChI=1S/C21H24ClN3O/c1-14-19-13-24-25-20(19)9-10-21(14)26-18-7-5-17(6-8-18)23-12-15-3-2-4-16(22)11-15/h2-4,9-11,13,17-18,23H,5-8,12H2,1H3,(H,24,25). The summed E-state index contributed by atoms with van der Waals surface area (Å²) >= 11 is 6.05. The van der Waals surface area contributed by atoms with Crippen LogP contribution in [-0.2, 0) is 6.54 Å². The summed E-state index contributed by atoms with van der Waals surface area (Å²) in [5, 5.41) is 12.7. The Labute approximate surface area is 158 Å². The van der Waals surface area contributed by atoms with E-state index in [2.05, 4.69) is 34.6 Å². The summed E-state index contributed by atoms with van der Waals surface area (Å²) in [5.74, 6) is 0.981. The van der Waals surface area contributed by atoms with Gasteiger partial charge in [-0.25, -0.2) is 0 Å². The molecule has 0 bridgehead atoms. The van der Waals surface area contributed by atoms with E-state index in [1.807, 2.05) is 30.5 Å². The quantitative estimate of drug-likeness (QED) is 0.665. The first kappa shape index (κ1) is 17.4. The first-order valence-electron chi connectivity index (χ1n) is 9.26. The lowest BCUT2D eigenvalue weighted by Crippen LogP contribution is -2.36. The number of rotatable bonds is 5. The molecule has 0 amide bonds. The predicted octanol–water partition coefficient (Wildman–Crippen LogP) is 5.00. The summed E-state index contributed by atoms with van der Waals surface area (Å²) in [7, 11) is 0. The Hall–Kier alpha value is -2.04. The van der Waals surface area contributed by atoms with Crippen LogP contribution in [0.2, 0.25) is 5.02 Å². The van der Waals surface area contributed by atoms with Gasteiger partial charge in [-0.05, 0) is 62.4 Å². The second kappa shape index (κ2) is 7.68. The zero-order valence-corrected chi connectivity index (χ0v) is 15.7. The second-order valence-corrected chi connectivity index (χ2v) is 7.56. The van der Waals surface area contributed by atoms with Crippen LogP contribution in [0.15, 0.2) is 42.6 Å². The molecular formula is C21H24ClN3O. The molecule has 0 unspecified atom stereocenters. The third-order valence-corrected chi connectivity index (χ3v) is 5.53. The van der Waals surface area contributed by atoms with Gasteiger partial charge in [0.25, 0.3) is 0 Å². The third kappa shape index (κ3) is 3.87. The molecule has 0 saturated heterocycles. The molecule has 3 aromatic rings. The minimum Gasteiger partial charge on any atom is -0.490 e. The van der Waals surface area contributed by atoms with E-state index in [0.29, 0.717) is 12.1 Å². The summed E-state index contributed by atoms with van der Waals surface area (Å²) in [6, 6.07) is 12.7. The minimum absolute atomic E-state index is 0.294. The molecule has 0 aliphatic heterocycles. The van der Waals surface area contributed by atoms with Crippen LogP contribution >= 0.6 is 11.6 Å². The highest BCUT2D eigenvalue weighted by atomic mass is 35.5. The smallest absolute Gasteiger partial charge is 0.123 e. The average Bonchev–Trinajstić information content (AvgIpc) is 3.13. The van der Waals surface area contributed by atoms with Crippen LogP contribution < -0.4 is 10.1 Å². The predicted molar refractivity (Wildman–Crippen MR) is 106 cm³/mol. The third-order valence-electron chi connectivity index (χ3n) is 5.30. The molecule has 2 N–H and O–H groups in total. The molecule has 2 aromatic carbocycles. The topological polar surface area (TPSA) is 49.9 Å². The first-order chi connectivity index (χ1) is 12.7. The van der Waals surface area contributed by atoms with Gasteiger partial charge in [-0.2, -0.15) is 5.10 Å². The molecule has 1 heterocycles. The van der Waals surface area contributed by atoms with Gasteiger partial charge in [0.1, 0.15) is 5.75 Å². The molecule has 1 aromatic heterocycles. The molecule has 4 rings (SSSR count). The Morgan fingerprint density at radius 1 is 1.19 bits per heavy atom. The van der Waals surface area contributed by atoms with Crippen molar-refractivity contribution in [3.05, 3.63) is 58.7 Å². The van der Waals surface area contributed by atoms with Crippen molar-refractivity contribution in [3.8, 4) is 5.75 Å². The second-order valence-electron chi connectivity index (χ2n) is 7.12. The molecule has 0 atom stereocenters. The van der Waals surface area contributed by atoms with Crippen molar-refractivity contribution < 1.29 is 4.74 Å². The largest absolute Gasteiger partial charge is 0.490 e. The lowest BCUT2D eigenvalue weighted by molar-refractivity contribution is 0.138. The van der Waals surface area contributed by atoms with Crippen LogP contribution in [0.1, 0.15) is 36.8 Å². The van der Waals surface area contributed by atoms with Crippen molar-refractivity contribution in [1.29, 1.82) is 0 Å². The summed E-state index contributed by atoms with van der Waals surface area (Å²) in [6.07, 6.45) is 6.60. The Kier molecular flexibility index (Phi) is 5.14. The highest BCUT2D eigenvalue weighted by Crippen LogP contribution is 2.30. The van der Waals surface area contributed by atoms with Gasteiger partial charge in [-0.1, -0.05) is 23.7 Å². The van der Waals surface area contributed by atoms with Crippen LogP contribution in [0.25, 0.3) is 10.9 Å². The number of ether oxygens (including phenoxy) is 1. The molecule has 136 valence electrons. The molecular weight excluding hydrogens is 346 g/mol. The van der Waals surface area contributed by atoms with Crippen molar-refractivity contribution >= 4 is 22.5 Å². The zero-order valence-electron chi connectivity index (χ0n) is 15.0. The number of H-pyrrole nitrogens is 1. The number of hydrogen-bond donors (Lipinski definition) is 2. The first-order valence-corrected chi connectivity index (χ1v) is 9.64. The number of aryl methyl sites for hydroxylation is 1. The lowest BCUT2D eigenvalue weighted by atomic mass is 9.92. The number of benzene rings is 2. The Morgan fingerprint density at radius 2 is 2.04 bits per heavy atom. The van der Waals surface area contributed by atoms with E-state index in [-0.39, 0.29) is 0 Å². The van der Waals surface area contributed by atoms with Gasteiger partial charge in [0.2, 0.25) is 0 Å². The fourth-order valence-electron chi connectivity index (χ4n) is 3.74. The fourth-order valence-corrected chi connectivity index (χ4v) is 3.95. The van der Waals surface area contributed by atoms with E-state index in [4.69, 9.17) is 16.3 Å². The minimum atomic E-state index is 0.294. The summed E-state index contributed by atoms with van der Waals surface area (Å²) in [4.78, 5) is 0. The molecule has 5 heteroatoms. The normalized spacial score (nSPS) is 20.4. The van der Waals surface area contributed by atoms with Crippen LogP contribution in [0.4, 0.5) is 0 Å². The average molecular weight is 370 g/mol. The van der Waals surface area contributed by atoms with Crippen LogP contribution in [0.5, 0.6) is 5.75 Å². The van der Waals surface area contributed by atoms with Crippen molar-refractivity contribution in [2.75, 3.05) is 0 Å². The number of hydrogen-bond acceptors (Lipinski definition) is 3. The maximum absolute atomic E-state index is 6.30. The van der Waals surface area contributed by atoms with E-state index < -0.39 is 0 Å². The van der Waals surface area contributed by atoms with Crippen molar-refractivity contribution in [2.45, 2.75) is 51.3 Å². The number of halogens is 1. The van der Waals surface area contributed by atoms with Crippen LogP contribution in [0.3, 0.4) is 0 Å². The SMILES string of the molecule is Cc1c(OC2CCC(NCc3cccc(Cl)c3)CC2)ccc2[nH]ncc12. The fraction of sp³-hybridized carbons (Fsp3) is 0.381. The number of fused-ring (bicyclic) bond motifs is 1. The highest BCUT2D eigenvalue weighted by molar-refractivity contribution is 6.30. The monoisotopic (exact) mass is 369 g/mol. The molecule has 1 aliphatic carbocycles. The van der Waals surface area contributed by atoms with Crippen molar-refractivity contribution in [1.82, 2.24) is 15.5 Å². The number of aromatic nitrogens is 2. The summed E-state index contributed by atoms with van der Waals surface area (Å²) in [6.45, 7) is 2.97. The number of nitrogens with one attached hydrogen (secondary N) is 2. The van der Waals surface area contributed by atoms with Gasteiger partial charge in [0.05, 0.1) is 17.8 Å². The molecule has 1 aliphatic rings. The van der Waals surface area contributed by atoms with E-state index in [9.17, 15) is 0 Å². The van der Waals surface area contributed by atoms with E-state index in [1.165, 1.54) is 5.56 Å². The van der Waals surface area contributed by atoms with Gasteiger partial charge in [0.15, 0.2) is 0 Å². The summed E-state index contributed by atoms with van der Waals surface area (Å²) in [5.41, 5.74) is 3.46. The number of aromatic amines is 1. The van der Waals surface area contributed by atoms with Crippen molar-refractivity contribution in [2.24, 2.45) is 0 Å². The van der Waals surface area contributed by atoms with Gasteiger partial charge < -0.3 is 10.1 Å². The van der Waals surface area contributed by atoms with E-state index >= 15 is 0 Å². The molecule has 4 nitrogen and oxygen atoms in total. The Bertz CT molecular complexity index is 884. The molecule has 1 fully saturated rings. The van der Waals surface area contributed by atoms with Crippen molar-refractivity contribution in [3.63, 3.8) is 0 Å². The van der Waals surface area contributed by atoms with Crippen LogP contribution in [0, 0.1) is 6.92 Å². The summed E-state index contributed by atoms with van der Waals surface area (Å²) < 4.78 is 6.30. The van der Waals surface area contributed by atoms with Crippen LogP contribution in [-0.4, -0.2) is 22.3 Å². The molecule has 26 heavy (non-hydrogen) atoms. The lowest BCUT2D eigenvalue weighted by Gasteiger charge is -2.30. The maximum Gasteiger partial charge on any atom is 0.123 e. The zero-order chi connectivity index (χ0) is 17.9. The van der Waals surface area contributed by atoms with Gasteiger partial charge in [-0.15, -0.1) is 0 Å². The molecule has 0 spiro atoms. The van der Waals surface area contributed by atoms with Gasteiger partial charge in [-0.3, -0.25) is 5.10 Å². The maximum atomic E-state index is 6.30. The van der Waals surface area contributed by atoms with Gasteiger partial charge >= 0.3 is 0 Å². The molecule has 0 radical (unpaired) electrons. The van der Waals surface area contributed by atoms with E-state index in [1.54, 1.807) is 0 Å².